The lowest BCUT2D eigenvalue weighted by Crippen LogP contribution is -2.28. The molecular weight excluding hydrogens is 412 g/mol. The lowest BCUT2D eigenvalue weighted by molar-refractivity contribution is -0.124. The third-order valence-corrected chi connectivity index (χ3v) is 4.69. The van der Waals surface area contributed by atoms with Gasteiger partial charge >= 0.3 is 5.97 Å². The van der Waals surface area contributed by atoms with Crippen molar-refractivity contribution in [1.29, 1.82) is 0 Å². The van der Waals surface area contributed by atoms with E-state index in [-0.39, 0.29) is 24.8 Å². The predicted molar refractivity (Wildman–Crippen MR) is 116 cm³/mol. The minimum Gasteiger partial charge on any atom is -0.454 e. The summed E-state index contributed by atoms with van der Waals surface area (Å²) < 4.78 is 15.7. The molecule has 0 bridgehead atoms. The second-order valence-corrected chi connectivity index (χ2v) is 6.91. The Labute approximate surface area is 184 Å². The Kier molecular flexibility index (Phi) is 6.31. The summed E-state index contributed by atoms with van der Waals surface area (Å²) in [5.41, 5.74) is 1.73. The largest absolute Gasteiger partial charge is 0.454 e. The minimum absolute atomic E-state index is 0.153. The number of nitrogens with one attached hydrogen (secondary N) is 2. The Balaban J connectivity index is 1.31. The first-order chi connectivity index (χ1) is 15.6. The molecule has 32 heavy (non-hydrogen) atoms. The molecule has 2 amide bonds. The van der Waals surface area contributed by atoms with E-state index in [1.165, 1.54) is 6.07 Å². The Hall–Kier alpha value is -4.33. The number of hydrogen-bond acceptors (Lipinski definition) is 6. The van der Waals surface area contributed by atoms with Gasteiger partial charge in [0.25, 0.3) is 11.8 Å². The van der Waals surface area contributed by atoms with Gasteiger partial charge in [-0.3, -0.25) is 9.59 Å². The molecule has 3 aromatic rings. The Bertz CT molecular complexity index is 1150. The van der Waals surface area contributed by atoms with Crippen LogP contribution in [0.5, 0.6) is 11.5 Å². The molecule has 0 spiro atoms. The van der Waals surface area contributed by atoms with Crippen molar-refractivity contribution in [3.8, 4) is 11.5 Å². The molecule has 8 heteroatoms. The van der Waals surface area contributed by atoms with E-state index in [9.17, 15) is 14.4 Å². The van der Waals surface area contributed by atoms with Crippen molar-refractivity contribution in [3.63, 3.8) is 0 Å². The number of hydrogen-bond donors (Lipinski definition) is 2. The fourth-order valence-corrected chi connectivity index (χ4v) is 3.07. The molecule has 2 N–H and O–H groups in total. The summed E-state index contributed by atoms with van der Waals surface area (Å²) in [5.74, 6) is -0.245. The summed E-state index contributed by atoms with van der Waals surface area (Å²) in [4.78, 5) is 37.0. The van der Waals surface area contributed by atoms with E-state index >= 15 is 0 Å². The van der Waals surface area contributed by atoms with Crippen LogP contribution in [0.1, 0.15) is 26.3 Å². The van der Waals surface area contributed by atoms with E-state index in [0.717, 1.165) is 5.56 Å². The van der Waals surface area contributed by atoms with Gasteiger partial charge in [-0.1, -0.05) is 36.4 Å². The van der Waals surface area contributed by atoms with Crippen molar-refractivity contribution in [2.24, 2.45) is 0 Å². The number of fused-ring (bicyclic) bond motifs is 1. The monoisotopic (exact) mass is 432 g/mol. The minimum atomic E-state index is -0.716. The summed E-state index contributed by atoms with van der Waals surface area (Å²) in [6, 6.07) is 20.4. The van der Waals surface area contributed by atoms with Crippen LogP contribution in [0.25, 0.3) is 0 Å². The molecule has 1 heterocycles. The molecule has 0 saturated heterocycles. The highest BCUT2D eigenvalue weighted by Crippen LogP contribution is 2.32. The maximum absolute atomic E-state index is 12.5. The highest BCUT2D eigenvalue weighted by atomic mass is 16.7. The SMILES string of the molecule is O=C(COC(=O)c1ccccc1NC(=O)c1ccccc1)NCc1ccc2c(c1)OCO2. The third kappa shape index (κ3) is 5.04. The standard InChI is InChI=1S/C24H20N2O6/c27-22(25-13-16-10-11-20-21(12-16)32-15-31-20)14-30-24(29)18-8-4-5-9-19(18)26-23(28)17-6-2-1-3-7-17/h1-12H,13-15H2,(H,25,27)(H,26,28). The number of carbonyl (C=O) groups is 3. The van der Waals surface area contributed by atoms with Gasteiger partial charge in [-0.05, 0) is 42.0 Å². The first kappa shape index (κ1) is 20.9. The molecule has 1 aliphatic heterocycles. The summed E-state index contributed by atoms with van der Waals surface area (Å²) in [6.07, 6.45) is 0. The highest BCUT2D eigenvalue weighted by Gasteiger charge is 2.17. The van der Waals surface area contributed by atoms with Crippen molar-refractivity contribution in [1.82, 2.24) is 5.32 Å². The van der Waals surface area contributed by atoms with Crippen LogP contribution in [0.15, 0.2) is 72.8 Å². The molecule has 0 aliphatic carbocycles. The first-order valence-corrected chi connectivity index (χ1v) is 9.88. The lowest BCUT2D eigenvalue weighted by Gasteiger charge is -2.11. The lowest BCUT2D eigenvalue weighted by atomic mass is 10.1. The van der Waals surface area contributed by atoms with E-state index in [1.807, 2.05) is 6.07 Å². The molecule has 0 radical (unpaired) electrons. The first-order valence-electron chi connectivity index (χ1n) is 9.88. The highest BCUT2D eigenvalue weighted by molar-refractivity contribution is 6.08. The van der Waals surface area contributed by atoms with Crippen molar-refractivity contribution >= 4 is 23.5 Å². The molecule has 162 valence electrons. The molecule has 0 aromatic heterocycles. The van der Waals surface area contributed by atoms with E-state index in [4.69, 9.17) is 14.2 Å². The van der Waals surface area contributed by atoms with Gasteiger partial charge in [0.1, 0.15) is 0 Å². The number of rotatable bonds is 7. The maximum atomic E-state index is 12.5. The van der Waals surface area contributed by atoms with Crippen LogP contribution in [0, 0.1) is 0 Å². The van der Waals surface area contributed by atoms with Gasteiger partial charge in [0.2, 0.25) is 6.79 Å². The van der Waals surface area contributed by atoms with Crippen molar-refractivity contribution < 1.29 is 28.6 Å². The number of amides is 2. The van der Waals surface area contributed by atoms with Gasteiger partial charge in [0.15, 0.2) is 18.1 Å². The Morgan fingerprint density at radius 3 is 2.47 bits per heavy atom. The van der Waals surface area contributed by atoms with E-state index in [2.05, 4.69) is 10.6 Å². The number of para-hydroxylation sites is 1. The molecule has 4 rings (SSSR count). The normalized spacial score (nSPS) is 11.5. The van der Waals surface area contributed by atoms with Crippen LogP contribution in [0.2, 0.25) is 0 Å². The van der Waals surface area contributed by atoms with Gasteiger partial charge in [0.05, 0.1) is 11.3 Å². The van der Waals surface area contributed by atoms with Crippen LogP contribution in [0.3, 0.4) is 0 Å². The third-order valence-electron chi connectivity index (χ3n) is 4.69. The number of anilines is 1. The molecule has 3 aromatic carbocycles. The molecule has 0 atom stereocenters. The quantitative estimate of drug-likeness (QED) is 0.556. The zero-order chi connectivity index (χ0) is 22.3. The number of carbonyl (C=O) groups excluding carboxylic acids is 3. The number of esters is 1. The summed E-state index contributed by atoms with van der Waals surface area (Å²) in [7, 11) is 0. The average molecular weight is 432 g/mol. The number of benzene rings is 3. The second kappa shape index (κ2) is 9.65. The van der Waals surface area contributed by atoms with Crippen molar-refractivity contribution in [2.45, 2.75) is 6.54 Å². The topological polar surface area (TPSA) is 103 Å². The van der Waals surface area contributed by atoms with Gasteiger partial charge in [-0.25, -0.2) is 4.79 Å². The molecule has 1 aliphatic rings. The van der Waals surface area contributed by atoms with Crippen molar-refractivity contribution in [2.75, 3.05) is 18.7 Å². The summed E-state index contributed by atoms with van der Waals surface area (Å²) in [6.45, 7) is -0.0323. The van der Waals surface area contributed by atoms with Crippen LogP contribution in [-0.2, 0) is 16.1 Å². The smallest absolute Gasteiger partial charge is 0.340 e. The summed E-state index contributed by atoms with van der Waals surface area (Å²) in [5, 5.41) is 5.38. The van der Waals surface area contributed by atoms with Crippen LogP contribution < -0.4 is 20.1 Å². The molecule has 8 nitrogen and oxygen atoms in total. The van der Waals surface area contributed by atoms with E-state index < -0.39 is 18.5 Å². The van der Waals surface area contributed by atoms with Gasteiger partial charge in [-0.15, -0.1) is 0 Å². The van der Waals surface area contributed by atoms with Gasteiger partial charge in [-0.2, -0.15) is 0 Å². The molecule has 0 fully saturated rings. The van der Waals surface area contributed by atoms with Crippen molar-refractivity contribution in [3.05, 3.63) is 89.5 Å². The Morgan fingerprint density at radius 1 is 0.875 bits per heavy atom. The molecular formula is C24H20N2O6. The zero-order valence-electron chi connectivity index (χ0n) is 17.0. The second-order valence-electron chi connectivity index (χ2n) is 6.91. The van der Waals surface area contributed by atoms with Crippen LogP contribution in [-0.4, -0.2) is 31.2 Å². The summed E-state index contributed by atoms with van der Waals surface area (Å²) >= 11 is 0. The van der Waals surface area contributed by atoms with E-state index in [0.29, 0.717) is 22.7 Å². The van der Waals surface area contributed by atoms with Crippen LogP contribution >= 0.6 is 0 Å². The average Bonchev–Trinajstić information content (AvgIpc) is 3.30. The van der Waals surface area contributed by atoms with Gasteiger partial charge in [0, 0.05) is 12.1 Å². The zero-order valence-corrected chi connectivity index (χ0v) is 17.0. The fraction of sp³-hybridized carbons (Fsp3) is 0.125. The van der Waals surface area contributed by atoms with Gasteiger partial charge < -0.3 is 24.8 Å². The maximum Gasteiger partial charge on any atom is 0.340 e. The fourth-order valence-electron chi connectivity index (χ4n) is 3.07. The van der Waals surface area contributed by atoms with E-state index in [1.54, 1.807) is 60.7 Å². The molecule has 0 unspecified atom stereocenters. The number of ether oxygens (including phenoxy) is 3. The predicted octanol–water partition coefficient (Wildman–Crippen LogP) is 3.14. The van der Waals surface area contributed by atoms with Crippen LogP contribution in [0.4, 0.5) is 5.69 Å². The Morgan fingerprint density at radius 2 is 1.62 bits per heavy atom. The molecule has 0 saturated carbocycles.